The van der Waals surface area contributed by atoms with E-state index in [4.69, 9.17) is 4.74 Å². The molecule has 0 spiro atoms. The van der Waals surface area contributed by atoms with E-state index in [1.165, 1.54) is 13.4 Å². The van der Waals surface area contributed by atoms with Gasteiger partial charge in [0.15, 0.2) is 0 Å². The van der Waals surface area contributed by atoms with Crippen molar-refractivity contribution in [1.82, 2.24) is 15.4 Å². The molecule has 2 heterocycles. The standard InChI is InChI=1S/C20H18N6O4/c1-30-15-8-6-14(7-9-15)20(27)24-23-18-17(26(28)29)19(22-12-21-18)25-11-10-13-4-2-3-5-16(13)25/h2-9,12H,10-11H2,1H3,(H,24,27)(H,21,22,23). The van der Waals surface area contributed by atoms with Crippen molar-refractivity contribution in [2.75, 3.05) is 24.0 Å². The molecule has 3 aromatic rings. The number of aromatic nitrogens is 2. The summed E-state index contributed by atoms with van der Waals surface area (Å²) in [4.78, 5) is 33.5. The Balaban J connectivity index is 1.59. The van der Waals surface area contributed by atoms with Crippen LogP contribution in [-0.4, -0.2) is 34.5 Å². The Morgan fingerprint density at radius 1 is 1.17 bits per heavy atom. The molecule has 0 saturated heterocycles. The van der Waals surface area contributed by atoms with Gasteiger partial charge in [-0.25, -0.2) is 9.97 Å². The lowest BCUT2D eigenvalue weighted by atomic mass is 10.2. The number of carbonyl (C=O) groups is 1. The monoisotopic (exact) mass is 406 g/mol. The molecule has 1 aromatic heterocycles. The fourth-order valence-electron chi connectivity index (χ4n) is 3.32. The molecule has 4 rings (SSSR count). The summed E-state index contributed by atoms with van der Waals surface area (Å²) >= 11 is 0. The Labute approximate surface area is 171 Å². The quantitative estimate of drug-likeness (QED) is 0.473. The zero-order valence-corrected chi connectivity index (χ0v) is 16.0. The van der Waals surface area contributed by atoms with E-state index in [-0.39, 0.29) is 17.3 Å². The first-order chi connectivity index (χ1) is 14.6. The Hall–Kier alpha value is -4.21. The third-order valence-electron chi connectivity index (χ3n) is 4.78. The van der Waals surface area contributed by atoms with Crippen molar-refractivity contribution in [3.05, 3.63) is 76.1 Å². The predicted molar refractivity (Wildman–Crippen MR) is 110 cm³/mol. The zero-order valence-electron chi connectivity index (χ0n) is 16.0. The largest absolute Gasteiger partial charge is 0.497 e. The molecule has 2 N–H and O–H groups in total. The average Bonchev–Trinajstić information content (AvgIpc) is 3.21. The SMILES string of the molecule is COc1ccc(C(=O)NNc2ncnc(N3CCc4ccccc43)c2[N+](=O)[O-])cc1. The summed E-state index contributed by atoms with van der Waals surface area (Å²) in [6.45, 7) is 0.564. The summed E-state index contributed by atoms with van der Waals surface area (Å²) in [5.41, 5.74) is 7.00. The molecule has 0 fully saturated rings. The lowest BCUT2D eigenvalue weighted by Crippen LogP contribution is -2.30. The van der Waals surface area contributed by atoms with E-state index in [0.29, 0.717) is 17.9 Å². The predicted octanol–water partition coefficient (Wildman–Crippen LogP) is 2.84. The molecule has 30 heavy (non-hydrogen) atoms. The molecular formula is C20H18N6O4. The minimum Gasteiger partial charge on any atom is -0.497 e. The van der Waals surface area contributed by atoms with E-state index >= 15 is 0 Å². The highest BCUT2D eigenvalue weighted by molar-refractivity contribution is 5.95. The topological polar surface area (TPSA) is 123 Å². The van der Waals surface area contributed by atoms with Gasteiger partial charge in [-0.1, -0.05) is 18.2 Å². The molecule has 0 unspecified atom stereocenters. The van der Waals surface area contributed by atoms with Crippen LogP contribution in [0.3, 0.4) is 0 Å². The molecule has 1 aliphatic rings. The van der Waals surface area contributed by atoms with Gasteiger partial charge in [0.1, 0.15) is 12.1 Å². The van der Waals surface area contributed by atoms with E-state index < -0.39 is 10.8 Å². The van der Waals surface area contributed by atoms with Crippen LogP contribution in [-0.2, 0) is 6.42 Å². The van der Waals surface area contributed by atoms with Crippen LogP contribution in [0, 0.1) is 10.1 Å². The molecule has 0 radical (unpaired) electrons. The van der Waals surface area contributed by atoms with Gasteiger partial charge in [-0.05, 0) is 42.3 Å². The maximum Gasteiger partial charge on any atom is 0.355 e. The first kappa shape index (κ1) is 19.1. The number of nitro groups is 1. The molecule has 152 valence electrons. The van der Waals surface area contributed by atoms with E-state index in [0.717, 1.165) is 17.7 Å². The van der Waals surface area contributed by atoms with Gasteiger partial charge in [-0.2, -0.15) is 0 Å². The van der Waals surface area contributed by atoms with Crippen molar-refractivity contribution in [2.45, 2.75) is 6.42 Å². The summed E-state index contributed by atoms with van der Waals surface area (Å²) in [6, 6.07) is 14.1. The van der Waals surface area contributed by atoms with Crippen LogP contribution in [0.4, 0.5) is 23.0 Å². The Morgan fingerprint density at radius 2 is 1.93 bits per heavy atom. The highest BCUT2D eigenvalue weighted by atomic mass is 16.6. The summed E-state index contributed by atoms with van der Waals surface area (Å²) in [5, 5.41) is 11.8. The van der Waals surface area contributed by atoms with Gasteiger partial charge in [0, 0.05) is 17.8 Å². The fraction of sp³-hybridized carbons (Fsp3) is 0.150. The minimum absolute atomic E-state index is 0.101. The van der Waals surface area contributed by atoms with Crippen LogP contribution in [0.5, 0.6) is 5.75 Å². The van der Waals surface area contributed by atoms with Gasteiger partial charge in [0.25, 0.3) is 5.91 Å². The number of nitrogens with zero attached hydrogens (tertiary/aromatic N) is 4. The number of rotatable bonds is 6. The number of para-hydroxylation sites is 1. The van der Waals surface area contributed by atoms with E-state index in [1.54, 1.807) is 29.2 Å². The fourth-order valence-corrected chi connectivity index (χ4v) is 3.32. The number of methoxy groups -OCH3 is 1. The molecule has 0 saturated carbocycles. The van der Waals surface area contributed by atoms with Crippen molar-refractivity contribution in [3.8, 4) is 5.75 Å². The third kappa shape index (κ3) is 3.58. The highest BCUT2D eigenvalue weighted by Crippen LogP contribution is 2.39. The van der Waals surface area contributed by atoms with E-state index in [9.17, 15) is 14.9 Å². The Bertz CT molecular complexity index is 1100. The number of fused-ring (bicyclic) bond motifs is 1. The minimum atomic E-state index is -0.557. The average molecular weight is 406 g/mol. The molecule has 2 aromatic carbocycles. The number of anilines is 3. The number of hydrazine groups is 1. The second kappa shape index (κ2) is 8.03. The second-order valence-electron chi connectivity index (χ2n) is 6.49. The van der Waals surface area contributed by atoms with Gasteiger partial charge in [-0.3, -0.25) is 25.8 Å². The lowest BCUT2D eigenvalue weighted by molar-refractivity contribution is -0.383. The molecule has 1 amide bonds. The first-order valence-electron chi connectivity index (χ1n) is 9.13. The summed E-state index contributed by atoms with van der Waals surface area (Å²) < 4.78 is 5.06. The van der Waals surface area contributed by atoms with Crippen molar-refractivity contribution >= 4 is 28.9 Å². The number of ether oxygens (including phenoxy) is 1. The molecule has 10 heteroatoms. The summed E-state index contributed by atoms with van der Waals surface area (Å²) in [6.07, 6.45) is 1.99. The molecule has 0 atom stereocenters. The first-order valence-corrected chi connectivity index (χ1v) is 9.13. The van der Waals surface area contributed by atoms with Crippen LogP contribution < -0.4 is 20.5 Å². The van der Waals surface area contributed by atoms with Crippen LogP contribution >= 0.6 is 0 Å². The van der Waals surface area contributed by atoms with Gasteiger partial charge in [0.2, 0.25) is 11.6 Å². The Morgan fingerprint density at radius 3 is 2.67 bits per heavy atom. The highest BCUT2D eigenvalue weighted by Gasteiger charge is 2.31. The maximum atomic E-state index is 12.4. The van der Waals surface area contributed by atoms with Crippen LogP contribution in [0.25, 0.3) is 0 Å². The van der Waals surface area contributed by atoms with Crippen molar-refractivity contribution in [3.63, 3.8) is 0 Å². The molecule has 10 nitrogen and oxygen atoms in total. The number of nitrogens with one attached hydrogen (secondary N) is 2. The van der Waals surface area contributed by atoms with E-state index in [1.807, 2.05) is 24.3 Å². The number of carbonyl (C=O) groups excluding carboxylic acids is 1. The zero-order chi connectivity index (χ0) is 21.1. The Kier molecular flexibility index (Phi) is 5.12. The normalized spacial score (nSPS) is 12.2. The van der Waals surface area contributed by atoms with Crippen LogP contribution in [0.1, 0.15) is 15.9 Å². The van der Waals surface area contributed by atoms with E-state index in [2.05, 4.69) is 20.8 Å². The van der Waals surface area contributed by atoms with Crippen molar-refractivity contribution in [2.24, 2.45) is 0 Å². The molecule has 0 bridgehead atoms. The number of benzene rings is 2. The summed E-state index contributed by atoms with van der Waals surface area (Å²) in [7, 11) is 1.53. The van der Waals surface area contributed by atoms with Crippen molar-refractivity contribution < 1.29 is 14.5 Å². The summed E-state index contributed by atoms with van der Waals surface area (Å²) in [5.74, 6) is 0.206. The number of hydrogen-bond acceptors (Lipinski definition) is 8. The van der Waals surface area contributed by atoms with Gasteiger partial charge >= 0.3 is 5.69 Å². The molecule has 0 aliphatic carbocycles. The van der Waals surface area contributed by atoms with Crippen molar-refractivity contribution in [1.29, 1.82) is 0 Å². The van der Waals surface area contributed by atoms with Gasteiger partial charge in [-0.15, -0.1) is 0 Å². The smallest absolute Gasteiger partial charge is 0.355 e. The van der Waals surface area contributed by atoms with Gasteiger partial charge in [0.05, 0.1) is 12.0 Å². The third-order valence-corrected chi connectivity index (χ3v) is 4.78. The van der Waals surface area contributed by atoms with Crippen LogP contribution in [0.15, 0.2) is 54.9 Å². The lowest BCUT2D eigenvalue weighted by Gasteiger charge is -2.19. The second-order valence-corrected chi connectivity index (χ2v) is 6.49. The molecular weight excluding hydrogens is 388 g/mol. The van der Waals surface area contributed by atoms with Gasteiger partial charge < -0.3 is 9.64 Å². The number of amides is 1. The number of hydrogen-bond donors (Lipinski definition) is 2. The van der Waals surface area contributed by atoms with Crippen LogP contribution in [0.2, 0.25) is 0 Å². The maximum absolute atomic E-state index is 12.4. The molecule has 1 aliphatic heterocycles.